The van der Waals surface area contributed by atoms with E-state index in [1.54, 1.807) is 42.7 Å². The monoisotopic (exact) mass is 350 g/mol. The second-order valence-corrected chi connectivity index (χ2v) is 7.80. The number of carbonyl (C=O) groups excluding carboxylic acids is 1. The van der Waals surface area contributed by atoms with Gasteiger partial charge in [0.1, 0.15) is 5.76 Å². The Morgan fingerprint density at radius 3 is 2.46 bits per heavy atom. The van der Waals surface area contributed by atoms with Gasteiger partial charge in [-0.25, -0.2) is 8.42 Å². The molecule has 6 nitrogen and oxygen atoms in total. The fourth-order valence-corrected chi connectivity index (χ4v) is 2.90. The van der Waals surface area contributed by atoms with E-state index in [1.165, 1.54) is 6.26 Å². The Kier molecular flexibility index (Phi) is 5.80. The first-order chi connectivity index (χ1) is 11.3. The van der Waals surface area contributed by atoms with Crippen molar-refractivity contribution in [2.24, 2.45) is 0 Å². The zero-order valence-corrected chi connectivity index (χ0v) is 14.8. The van der Waals surface area contributed by atoms with E-state index in [4.69, 9.17) is 4.42 Å². The zero-order valence-electron chi connectivity index (χ0n) is 14.0. The number of nitrogens with zero attached hydrogens (tertiary/aromatic N) is 1. The molecule has 7 heteroatoms. The van der Waals surface area contributed by atoms with Crippen LogP contribution in [0.25, 0.3) is 0 Å². The maximum absolute atomic E-state index is 12.0. The predicted molar refractivity (Wildman–Crippen MR) is 91.2 cm³/mol. The fraction of sp³-hybridized carbons (Fsp3) is 0.353. The standard InChI is InChI=1S/C17H22N2O4S/c1-13(14-6-8-16(9-7-14)24(3,21)22)19(2)12-17(20)18-11-15-5-4-10-23-15/h4-10,13H,11-12H2,1-3H3,(H,18,20)/t13-/m1/s1. The highest BCUT2D eigenvalue weighted by Gasteiger charge is 2.16. The van der Waals surface area contributed by atoms with Crippen LogP contribution >= 0.6 is 0 Å². The Morgan fingerprint density at radius 1 is 1.25 bits per heavy atom. The summed E-state index contributed by atoms with van der Waals surface area (Å²) in [6.07, 6.45) is 2.75. The van der Waals surface area contributed by atoms with Gasteiger partial charge in [0.15, 0.2) is 9.84 Å². The van der Waals surface area contributed by atoms with Gasteiger partial charge >= 0.3 is 0 Å². The van der Waals surface area contributed by atoms with Crippen LogP contribution < -0.4 is 5.32 Å². The summed E-state index contributed by atoms with van der Waals surface area (Å²) < 4.78 is 28.2. The Bertz CT molecular complexity index is 767. The van der Waals surface area contributed by atoms with Gasteiger partial charge in [-0.05, 0) is 43.8 Å². The van der Waals surface area contributed by atoms with Crippen LogP contribution in [0.15, 0.2) is 52.0 Å². The topological polar surface area (TPSA) is 79.6 Å². The minimum Gasteiger partial charge on any atom is -0.467 e. The Labute approximate surface area is 142 Å². The van der Waals surface area contributed by atoms with E-state index >= 15 is 0 Å². The fourth-order valence-electron chi connectivity index (χ4n) is 2.27. The lowest BCUT2D eigenvalue weighted by atomic mass is 10.1. The van der Waals surface area contributed by atoms with Crippen LogP contribution in [0.4, 0.5) is 0 Å². The minimum absolute atomic E-state index is 0.0204. The second kappa shape index (κ2) is 7.63. The normalized spacial score (nSPS) is 13.0. The lowest BCUT2D eigenvalue weighted by Crippen LogP contribution is -2.36. The van der Waals surface area contributed by atoms with Crippen molar-refractivity contribution in [1.82, 2.24) is 10.2 Å². The summed E-state index contributed by atoms with van der Waals surface area (Å²) in [4.78, 5) is 14.2. The summed E-state index contributed by atoms with van der Waals surface area (Å²) in [5.74, 6) is 0.601. The molecule has 0 saturated heterocycles. The number of carbonyl (C=O) groups is 1. The molecule has 1 atom stereocenters. The van der Waals surface area contributed by atoms with Crippen LogP contribution in [0.1, 0.15) is 24.3 Å². The van der Waals surface area contributed by atoms with E-state index in [1.807, 2.05) is 18.9 Å². The van der Waals surface area contributed by atoms with E-state index in [0.29, 0.717) is 12.3 Å². The van der Waals surface area contributed by atoms with Crippen LogP contribution in [0.2, 0.25) is 0 Å². The molecule has 1 heterocycles. The number of likely N-dealkylation sites (N-methyl/N-ethyl adjacent to an activating group) is 1. The summed E-state index contributed by atoms with van der Waals surface area (Å²) in [6.45, 7) is 2.56. The van der Waals surface area contributed by atoms with Crippen molar-refractivity contribution in [1.29, 1.82) is 0 Å². The van der Waals surface area contributed by atoms with Gasteiger partial charge in [0.05, 0.1) is 24.2 Å². The molecule has 130 valence electrons. The van der Waals surface area contributed by atoms with Crippen LogP contribution in [0, 0.1) is 0 Å². The van der Waals surface area contributed by atoms with Crippen LogP contribution in [0.3, 0.4) is 0 Å². The summed E-state index contributed by atoms with van der Waals surface area (Å²) in [5.41, 5.74) is 0.948. The van der Waals surface area contributed by atoms with Crippen LogP contribution in [0.5, 0.6) is 0 Å². The third kappa shape index (κ3) is 4.94. The van der Waals surface area contributed by atoms with Crippen molar-refractivity contribution in [2.75, 3.05) is 19.8 Å². The number of sulfone groups is 1. The van der Waals surface area contributed by atoms with Gasteiger partial charge in [-0.1, -0.05) is 12.1 Å². The first-order valence-corrected chi connectivity index (χ1v) is 9.46. The number of rotatable bonds is 7. The molecule has 2 rings (SSSR count). The molecule has 0 spiro atoms. The molecule has 0 saturated carbocycles. The second-order valence-electron chi connectivity index (χ2n) is 5.79. The average molecular weight is 350 g/mol. The Morgan fingerprint density at radius 2 is 1.92 bits per heavy atom. The third-order valence-electron chi connectivity index (χ3n) is 3.88. The van der Waals surface area contributed by atoms with Gasteiger partial charge in [-0.2, -0.15) is 0 Å². The van der Waals surface area contributed by atoms with Crippen LogP contribution in [-0.4, -0.2) is 39.1 Å². The van der Waals surface area contributed by atoms with E-state index in [0.717, 1.165) is 5.56 Å². The van der Waals surface area contributed by atoms with Crippen LogP contribution in [-0.2, 0) is 21.2 Å². The summed E-state index contributed by atoms with van der Waals surface area (Å²) in [5, 5.41) is 2.80. The van der Waals surface area contributed by atoms with Gasteiger partial charge < -0.3 is 9.73 Å². The highest BCUT2D eigenvalue weighted by Crippen LogP contribution is 2.20. The molecule has 0 aliphatic heterocycles. The quantitative estimate of drug-likeness (QED) is 0.826. The smallest absolute Gasteiger partial charge is 0.234 e. The zero-order chi connectivity index (χ0) is 17.7. The molecule has 0 bridgehead atoms. The maximum Gasteiger partial charge on any atom is 0.234 e. The number of amides is 1. The highest BCUT2D eigenvalue weighted by molar-refractivity contribution is 7.90. The summed E-state index contributed by atoms with van der Waals surface area (Å²) in [6, 6.07) is 10.3. The van der Waals surface area contributed by atoms with Crippen molar-refractivity contribution < 1.29 is 17.6 Å². The highest BCUT2D eigenvalue weighted by atomic mass is 32.2. The molecular weight excluding hydrogens is 328 g/mol. The Balaban J connectivity index is 1.91. The lowest BCUT2D eigenvalue weighted by molar-refractivity contribution is -0.122. The van der Waals surface area contributed by atoms with E-state index in [9.17, 15) is 13.2 Å². The molecule has 1 amide bonds. The van der Waals surface area contributed by atoms with Crippen molar-refractivity contribution in [2.45, 2.75) is 24.4 Å². The molecule has 24 heavy (non-hydrogen) atoms. The molecule has 1 N–H and O–H groups in total. The molecular formula is C17H22N2O4S. The van der Waals surface area contributed by atoms with Gasteiger partial charge in [0, 0.05) is 12.3 Å². The molecule has 0 unspecified atom stereocenters. The summed E-state index contributed by atoms with van der Waals surface area (Å²) in [7, 11) is -1.35. The molecule has 1 aromatic heterocycles. The first-order valence-electron chi connectivity index (χ1n) is 7.56. The summed E-state index contributed by atoms with van der Waals surface area (Å²) >= 11 is 0. The molecule has 0 aliphatic rings. The van der Waals surface area contributed by atoms with Crippen molar-refractivity contribution in [3.63, 3.8) is 0 Å². The molecule has 2 aromatic rings. The van der Waals surface area contributed by atoms with E-state index < -0.39 is 9.84 Å². The number of hydrogen-bond acceptors (Lipinski definition) is 5. The average Bonchev–Trinajstić information content (AvgIpc) is 3.05. The maximum atomic E-state index is 12.0. The molecule has 1 aromatic carbocycles. The van der Waals surface area contributed by atoms with Crippen molar-refractivity contribution >= 4 is 15.7 Å². The lowest BCUT2D eigenvalue weighted by Gasteiger charge is -2.24. The third-order valence-corrected chi connectivity index (χ3v) is 5.01. The Hall–Kier alpha value is -2.12. The van der Waals surface area contributed by atoms with E-state index in [2.05, 4.69) is 5.32 Å². The SMILES string of the molecule is C[C@H](c1ccc(S(C)(=O)=O)cc1)N(C)CC(=O)NCc1ccco1. The number of hydrogen-bond donors (Lipinski definition) is 1. The minimum atomic E-state index is -3.20. The molecule has 0 aliphatic carbocycles. The van der Waals surface area contributed by atoms with Gasteiger partial charge in [-0.15, -0.1) is 0 Å². The van der Waals surface area contributed by atoms with Crippen molar-refractivity contribution in [3.8, 4) is 0 Å². The predicted octanol–water partition coefficient (Wildman–Crippen LogP) is 1.99. The number of nitrogens with one attached hydrogen (secondary N) is 1. The first kappa shape index (κ1) is 18.2. The largest absolute Gasteiger partial charge is 0.467 e. The van der Waals surface area contributed by atoms with Crippen molar-refractivity contribution in [3.05, 3.63) is 54.0 Å². The van der Waals surface area contributed by atoms with Gasteiger partial charge in [0.25, 0.3) is 0 Å². The van der Waals surface area contributed by atoms with Gasteiger partial charge in [0.2, 0.25) is 5.91 Å². The number of furan rings is 1. The van der Waals surface area contributed by atoms with E-state index in [-0.39, 0.29) is 23.4 Å². The molecule has 0 fully saturated rings. The number of benzene rings is 1. The van der Waals surface area contributed by atoms with Gasteiger partial charge in [-0.3, -0.25) is 9.69 Å². The molecule has 0 radical (unpaired) electrons.